The van der Waals surface area contributed by atoms with Crippen molar-refractivity contribution in [2.45, 2.75) is 0 Å². The first-order chi connectivity index (χ1) is 3.39. The lowest BCUT2D eigenvalue weighted by Gasteiger charge is -1.82. The minimum atomic E-state index is 0. The minimum Gasteiger partial charge on any atom is -0.147 e. The van der Waals surface area contributed by atoms with E-state index in [1.54, 1.807) is 0 Å². The normalized spacial score (nSPS) is 6.78. The first kappa shape index (κ1) is 11.8. The lowest BCUT2D eigenvalue weighted by atomic mass is 10.4. The highest BCUT2D eigenvalue weighted by molar-refractivity contribution is 6.32. The zero-order valence-electron chi connectivity index (χ0n) is 4.70. The summed E-state index contributed by atoms with van der Waals surface area (Å²) in [5, 5.41) is 1.13. The molecule has 9 heavy (non-hydrogen) atoms. The van der Waals surface area contributed by atoms with E-state index >= 15 is 0 Å². The van der Waals surface area contributed by atoms with Crippen LogP contribution in [-0.4, -0.2) is 10.2 Å². The second-order valence-electron chi connectivity index (χ2n) is 1.37. The fourth-order valence-electron chi connectivity index (χ4n) is 0.438. The molecule has 0 atom stereocenters. The Bertz CT molecular complexity index is 141. The van der Waals surface area contributed by atoms with Crippen molar-refractivity contribution in [3.05, 3.63) is 30.3 Å². The van der Waals surface area contributed by atoms with Crippen molar-refractivity contribution in [1.29, 1.82) is 0 Å². The maximum Gasteiger partial charge on any atom is 0.0711 e. The number of hydrogen-bond acceptors (Lipinski definition) is 0. The van der Waals surface area contributed by atoms with E-state index in [4.69, 9.17) is 0 Å². The van der Waals surface area contributed by atoms with Gasteiger partial charge in [-0.15, -0.1) is 24.8 Å². The molecule has 49 valence electrons. The molecule has 0 aliphatic carbocycles. The van der Waals surface area contributed by atoms with Gasteiger partial charge < -0.3 is 0 Å². The molecule has 0 heterocycles. The van der Waals surface area contributed by atoms with E-state index in [0.717, 1.165) is 5.19 Å². The minimum absolute atomic E-state index is 0. The highest BCUT2D eigenvalue weighted by Gasteiger charge is 1.72. The lowest BCUT2D eigenvalue weighted by Crippen LogP contribution is -1.97. The van der Waals surface area contributed by atoms with Gasteiger partial charge in [-0.25, -0.2) is 0 Å². The highest BCUT2D eigenvalue weighted by atomic mass is 35.5. The summed E-state index contributed by atoms with van der Waals surface area (Å²) < 4.78 is 0. The fourth-order valence-corrected chi connectivity index (χ4v) is 0.631. The Morgan fingerprint density at radius 3 is 1.56 bits per heavy atom. The van der Waals surface area contributed by atoms with E-state index in [2.05, 4.69) is 10.2 Å². The van der Waals surface area contributed by atoms with Crippen molar-refractivity contribution < 1.29 is 0 Å². The predicted molar refractivity (Wildman–Crippen MR) is 46.3 cm³/mol. The summed E-state index contributed by atoms with van der Waals surface area (Å²) in [6.45, 7) is 0. The van der Waals surface area contributed by atoms with Gasteiger partial charge in [0.05, 0.1) is 10.2 Å². The average Bonchev–Trinajstić information content (AvgIpc) is 1.69. The van der Waals surface area contributed by atoms with Crippen molar-refractivity contribution in [3.8, 4) is 0 Å². The van der Waals surface area contributed by atoms with Crippen LogP contribution in [0.5, 0.6) is 0 Å². The molecule has 0 N–H and O–H groups in total. The molecule has 0 bridgehead atoms. The first-order valence-electron chi connectivity index (χ1n) is 2.16. The van der Waals surface area contributed by atoms with Crippen molar-refractivity contribution in [2.24, 2.45) is 0 Å². The summed E-state index contributed by atoms with van der Waals surface area (Å²) >= 11 is 0. The molecule has 0 unspecified atom stereocenters. The third-order valence-corrected chi connectivity index (χ3v) is 1.11. The van der Waals surface area contributed by atoms with Crippen molar-refractivity contribution in [1.82, 2.24) is 0 Å². The standard InChI is InChI=1S/C6H5Si.2ClH/c7-6-4-2-1-3-5-6;;/h1-5H;2*1H. The molecular formula is C6H7Cl2Si. The number of benzene rings is 1. The molecule has 3 heteroatoms. The smallest absolute Gasteiger partial charge is 0.0711 e. The molecule has 1 rings (SSSR count). The summed E-state index contributed by atoms with van der Waals surface area (Å²) in [7, 11) is 3.36. The summed E-state index contributed by atoms with van der Waals surface area (Å²) in [6.07, 6.45) is 0. The van der Waals surface area contributed by atoms with Gasteiger partial charge in [0.25, 0.3) is 0 Å². The van der Waals surface area contributed by atoms with Gasteiger partial charge in [-0.05, 0) is 0 Å². The Hall–Kier alpha value is 0.0169. The number of halogens is 2. The quantitative estimate of drug-likeness (QED) is 0.525. The second-order valence-corrected chi connectivity index (χ2v) is 1.94. The van der Waals surface area contributed by atoms with Crippen LogP contribution in [0.1, 0.15) is 0 Å². The van der Waals surface area contributed by atoms with E-state index in [1.165, 1.54) is 0 Å². The van der Waals surface area contributed by atoms with Crippen LogP contribution in [0, 0.1) is 0 Å². The molecule has 0 aromatic heterocycles. The van der Waals surface area contributed by atoms with E-state index in [9.17, 15) is 0 Å². The van der Waals surface area contributed by atoms with Crippen molar-refractivity contribution in [3.63, 3.8) is 0 Å². The van der Waals surface area contributed by atoms with Gasteiger partial charge in [0.15, 0.2) is 0 Å². The summed E-state index contributed by atoms with van der Waals surface area (Å²) in [5.74, 6) is 0. The largest absolute Gasteiger partial charge is 0.147 e. The molecule has 0 amide bonds. The van der Waals surface area contributed by atoms with Crippen LogP contribution in [0.15, 0.2) is 30.3 Å². The van der Waals surface area contributed by atoms with Crippen molar-refractivity contribution >= 4 is 40.2 Å². The van der Waals surface area contributed by atoms with E-state index < -0.39 is 0 Å². The molecule has 1 aromatic rings. The molecule has 0 saturated carbocycles. The van der Waals surface area contributed by atoms with Gasteiger partial charge in [0.1, 0.15) is 0 Å². The average molecular weight is 178 g/mol. The van der Waals surface area contributed by atoms with E-state index in [1.807, 2.05) is 30.3 Å². The van der Waals surface area contributed by atoms with Crippen LogP contribution in [0.2, 0.25) is 0 Å². The zero-order valence-corrected chi connectivity index (χ0v) is 7.34. The Morgan fingerprint density at radius 2 is 1.33 bits per heavy atom. The van der Waals surface area contributed by atoms with Gasteiger partial charge in [-0.3, -0.25) is 0 Å². The van der Waals surface area contributed by atoms with Crippen LogP contribution in [0.4, 0.5) is 0 Å². The summed E-state index contributed by atoms with van der Waals surface area (Å²) in [6, 6.07) is 9.96. The molecular weight excluding hydrogens is 171 g/mol. The van der Waals surface area contributed by atoms with Crippen LogP contribution in [0.25, 0.3) is 0 Å². The Kier molecular flexibility index (Phi) is 8.03. The third kappa shape index (κ3) is 4.52. The maximum atomic E-state index is 3.36. The van der Waals surface area contributed by atoms with Crippen LogP contribution in [0.3, 0.4) is 0 Å². The number of rotatable bonds is 0. The molecule has 0 saturated heterocycles. The molecule has 3 radical (unpaired) electrons. The molecule has 0 fully saturated rings. The monoisotopic (exact) mass is 177 g/mol. The fraction of sp³-hybridized carbons (Fsp3) is 0. The van der Waals surface area contributed by atoms with E-state index in [0.29, 0.717) is 0 Å². The Labute approximate surface area is 70.9 Å². The Balaban J connectivity index is 0. The zero-order chi connectivity index (χ0) is 5.11. The Morgan fingerprint density at radius 1 is 0.889 bits per heavy atom. The maximum absolute atomic E-state index is 3.36. The summed E-state index contributed by atoms with van der Waals surface area (Å²) in [4.78, 5) is 0. The lowest BCUT2D eigenvalue weighted by molar-refractivity contribution is 1.78. The first-order valence-corrected chi connectivity index (χ1v) is 2.66. The second kappa shape index (κ2) is 6.14. The molecule has 0 nitrogen and oxygen atoms in total. The molecule has 1 aromatic carbocycles. The summed E-state index contributed by atoms with van der Waals surface area (Å²) in [5.41, 5.74) is 0. The molecule has 0 spiro atoms. The molecule has 0 aliphatic rings. The van der Waals surface area contributed by atoms with Gasteiger partial charge >= 0.3 is 0 Å². The topological polar surface area (TPSA) is 0 Å². The van der Waals surface area contributed by atoms with Crippen LogP contribution in [-0.2, 0) is 0 Å². The SMILES string of the molecule is Cl.Cl.[Si]c1ccccc1. The van der Waals surface area contributed by atoms with Gasteiger partial charge in [-0.2, -0.15) is 0 Å². The van der Waals surface area contributed by atoms with Crippen LogP contribution >= 0.6 is 24.8 Å². The highest BCUT2D eigenvalue weighted by Crippen LogP contribution is 1.76. The third-order valence-electron chi connectivity index (χ3n) is 0.774. The van der Waals surface area contributed by atoms with Gasteiger partial charge in [-0.1, -0.05) is 35.5 Å². The molecule has 0 aliphatic heterocycles. The number of hydrogen-bond donors (Lipinski definition) is 0. The van der Waals surface area contributed by atoms with Gasteiger partial charge in [0.2, 0.25) is 0 Å². The van der Waals surface area contributed by atoms with Gasteiger partial charge in [0, 0.05) is 0 Å². The predicted octanol–water partition coefficient (Wildman–Crippen LogP) is 1.32. The van der Waals surface area contributed by atoms with Crippen LogP contribution < -0.4 is 5.19 Å². The van der Waals surface area contributed by atoms with Crippen molar-refractivity contribution in [2.75, 3.05) is 0 Å². The van der Waals surface area contributed by atoms with E-state index in [-0.39, 0.29) is 24.8 Å².